The molecule has 0 aliphatic carbocycles. The minimum absolute atomic E-state index is 0.0194. The zero-order chi connectivity index (χ0) is 19.7. The minimum Gasteiger partial charge on any atom is -0.489 e. The fourth-order valence-corrected chi connectivity index (χ4v) is 4.01. The Labute approximate surface area is 165 Å². The maximum absolute atomic E-state index is 13.1. The highest BCUT2D eigenvalue weighted by Crippen LogP contribution is 2.40. The van der Waals surface area contributed by atoms with Crippen molar-refractivity contribution in [2.75, 3.05) is 13.1 Å². The molecule has 5 nitrogen and oxygen atoms in total. The van der Waals surface area contributed by atoms with Crippen molar-refractivity contribution in [1.29, 1.82) is 0 Å². The average molecular weight is 378 g/mol. The van der Waals surface area contributed by atoms with E-state index in [2.05, 4.69) is 12.2 Å². The third-order valence-electron chi connectivity index (χ3n) is 5.93. The Bertz CT molecular complexity index is 873. The van der Waals surface area contributed by atoms with Gasteiger partial charge in [-0.25, -0.2) is 0 Å². The lowest BCUT2D eigenvalue weighted by atomic mass is 9.96. The SMILES string of the molecule is CC1Oc2c(C(=O)N3CCC(NC(=O)c4ccccc4)CC3)cccc2C1C. The van der Waals surface area contributed by atoms with Crippen LogP contribution in [-0.4, -0.2) is 41.9 Å². The molecule has 0 spiro atoms. The number of ether oxygens (including phenoxy) is 1. The van der Waals surface area contributed by atoms with Crippen molar-refractivity contribution in [1.82, 2.24) is 10.2 Å². The summed E-state index contributed by atoms with van der Waals surface area (Å²) in [5.41, 5.74) is 2.44. The molecule has 4 rings (SSSR count). The van der Waals surface area contributed by atoms with Crippen molar-refractivity contribution in [3.05, 3.63) is 65.2 Å². The normalized spacial score (nSPS) is 21.7. The van der Waals surface area contributed by atoms with E-state index in [1.807, 2.05) is 60.4 Å². The van der Waals surface area contributed by atoms with Gasteiger partial charge in [-0.05, 0) is 38.0 Å². The van der Waals surface area contributed by atoms with E-state index in [4.69, 9.17) is 4.74 Å². The Morgan fingerprint density at radius 3 is 2.43 bits per heavy atom. The molecule has 2 unspecified atom stereocenters. The number of rotatable bonds is 3. The first kappa shape index (κ1) is 18.5. The van der Waals surface area contributed by atoms with E-state index < -0.39 is 0 Å². The van der Waals surface area contributed by atoms with Gasteiger partial charge in [0.1, 0.15) is 11.9 Å². The van der Waals surface area contributed by atoms with Crippen LogP contribution in [0.15, 0.2) is 48.5 Å². The molecule has 2 aromatic carbocycles. The number of hydrogen-bond donors (Lipinski definition) is 1. The zero-order valence-corrected chi connectivity index (χ0v) is 16.4. The summed E-state index contributed by atoms with van der Waals surface area (Å²) in [4.78, 5) is 27.3. The van der Waals surface area contributed by atoms with Gasteiger partial charge in [0.2, 0.25) is 0 Å². The lowest BCUT2D eigenvalue weighted by Gasteiger charge is -2.32. The van der Waals surface area contributed by atoms with Crippen LogP contribution in [0.5, 0.6) is 5.75 Å². The summed E-state index contributed by atoms with van der Waals surface area (Å²) in [5.74, 6) is 1.00. The third kappa shape index (κ3) is 3.49. The molecule has 2 atom stereocenters. The van der Waals surface area contributed by atoms with Gasteiger partial charge >= 0.3 is 0 Å². The molecular weight excluding hydrogens is 352 g/mol. The molecule has 146 valence electrons. The number of fused-ring (bicyclic) bond motifs is 1. The van der Waals surface area contributed by atoms with E-state index in [0.717, 1.165) is 24.2 Å². The largest absolute Gasteiger partial charge is 0.489 e. The van der Waals surface area contributed by atoms with E-state index in [9.17, 15) is 9.59 Å². The summed E-state index contributed by atoms with van der Waals surface area (Å²) in [6.45, 7) is 5.44. The molecule has 0 radical (unpaired) electrons. The van der Waals surface area contributed by atoms with Gasteiger partial charge in [0.15, 0.2) is 0 Å². The van der Waals surface area contributed by atoms with E-state index in [1.165, 1.54) is 0 Å². The van der Waals surface area contributed by atoms with Gasteiger partial charge in [0, 0.05) is 36.2 Å². The van der Waals surface area contributed by atoms with Gasteiger partial charge in [-0.15, -0.1) is 0 Å². The lowest BCUT2D eigenvalue weighted by Crippen LogP contribution is -2.46. The quantitative estimate of drug-likeness (QED) is 0.888. The minimum atomic E-state index is -0.0531. The van der Waals surface area contributed by atoms with Crippen molar-refractivity contribution in [2.45, 2.75) is 44.8 Å². The van der Waals surface area contributed by atoms with E-state index in [0.29, 0.717) is 30.1 Å². The molecule has 2 amide bonds. The number of hydrogen-bond acceptors (Lipinski definition) is 3. The van der Waals surface area contributed by atoms with E-state index >= 15 is 0 Å². The summed E-state index contributed by atoms with van der Waals surface area (Å²) in [7, 11) is 0. The highest BCUT2D eigenvalue weighted by Gasteiger charge is 2.33. The maximum atomic E-state index is 13.1. The zero-order valence-electron chi connectivity index (χ0n) is 16.4. The van der Waals surface area contributed by atoms with Crippen molar-refractivity contribution in [3.8, 4) is 5.75 Å². The standard InChI is InChI=1S/C23H26N2O3/c1-15-16(2)28-21-19(15)9-6-10-20(21)23(27)25-13-11-18(12-14-25)24-22(26)17-7-4-3-5-8-17/h3-10,15-16,18H,11-14H2,1-2H3,(H,24,26). The molecule has 0 bridgehead atoms. The highest BCUT2D eigenvalue weighted by atomic mass is 16.5. The Morgan fingerprint density at radius 2 is 1.71 bits per heavy atom. The summed E-state index contributed by atoms with van der Waals surface area (Å²) in [6, 6.07) is 15.2. The Hall–Kier alpha value is -2.82. The van der Waals surface area contributed by atoms with Gasteiger partial charge in [-0.1, -0.05) is 37.3 Å². The van der Waals surface area contributed by atoms with Crippen LogP contribution < -0.4 is 10.1 Å². The molecule has 2 aromatic rings. The molecule has 1 N–H and O–H groups in total. The molecule has 1 fully saturated rings. The Kier molecular flexibility index (Phi) is 5.07. The number of para-hydroxylation sites is 1. The highest BCUT2D eigenvalue weighted by molar-refractivity contribution is 5.98. The monoisotopic (exact) mass is 378 g/mol. The number of likely N-dealkylation sites (tertiary alicyclic amines) is 1. The Balaban J connectivity index is 1.38. The van der Waals surface area contributed by atoms with Crippen LogP contribution in [0.4, 0.5) is 0 Å². The second-order valence-corrected chi connectivity index (χ2v) is 7.74. The van der Waals surface area contributed by atoms with Crippen LogP contribution in [0, 0.1) is 0 Å². The van der Waals surface area contributed by atoms with Crippen molar-refractivity contribution in [2.24, 2.45) is 0 Å². The van der Waals surface area contributed by atoms with Crippen LogP contribution in [0.2, 0.25) is 0 Å². The molecule has 2 heterocycles. The van der Waals surface area contributed by atoms with Crippen LogP contribution >= 0.6 is 0 Å². The van der Waals surface area contributed by atoms with Crippen LogP contribution in [0.1, 0.15) is 58.9 Å². The number of carbonyl (C=O) groups excluding carboxylic acids is 2. The molecule has 2 aliphatic heterocycles. The third-order valence-corrected chi connectivity index (χ3v) is 5.93. The predicted octanol–water partition coefficient (Wildman–Crippen LogP) is 3.61. The molecule has 1 saturated heterocycles. The fourth-order valence-electron chi connectivity index (χ4n) is 4.01. The summed E-state index contributed by atoms with van der Waals surface area (Å²) >= 11 is 0. The number of benzene rings is 2. The molecule has 28 heavy (non-hydrogen) atoms. The second-order valence-electron chi connectivity index (χ2n) is 7.74. The number of nitrogens with zero attached hydrogens (tertiary/aromatic N) is 1. The predicted molar refractivity (Wildman–Crippen MR) is 108 cm³/mol. The van der Waals surface area contributed by atoms with Crippen LogP contribution in [0.3, 0.4) is 0 Å². The van der Waals surface area contributed by atoms with Crippen molar-refractivity contribution < 1.29 is 14.3 Å². The van der Waals surface area contributed by atoms with Gasteiger partial charge in [0.25, 0.3) is 11.8 Å². The van der Waals surface area contributed by atoms with Crippen molar-refractivity contribution >= 4 is 11.8 Å². The van der Waals surface area contributed by atoms with Gasteiger partial charge < -0.3 is 15.0 Å². The van der Waals surface area contributed by atoms with E-state index in [-0.39, 0.29) is 24.0 Å². The average Bonchev–Trinajstić information content (AvgIpc) is 3.03. The van der Waals surface area contributed by atoms with E-state index in [1.54, 1.807) is 0 Å². The second kappa shape index (κ2) is 7.66. The summed E-state index contributed by atoms with van der Waals surface area (Å²) in [6.07, 6.45) is 1.60. The summed E-state index contributed by atoms with van der Waals surface area (Å²) in [5, 5.41) is 3.09. The fraction of sp³-hybridized carbons (Fsp3) is 0.391. The molecule has 0 saturated carbocycles. The van der Waals surface area contributed by atoms with Gasteiger partial charge in [-0.2, -0.15) is 0 Å². The molecule has 2 aliphatic rings. The summed E-state index contributed by atoms with van der Waals surface area (Å²) < 4.78 is 5.98. The van der Waals surface area contributed by atoms with Gasteiger partial charge in [-0.3, -0.25) is 9.59 Å². The topological polar surface area (TPSA) is 58.6 Å². The van der Waals surface area contributed by atoms with Crippen LogP contribution in [-0.2, 0) is 0 Å². The Morgan fingerprint density at radius 1 is 1.00 bits per heavy atom. The lowest BCUT2D eigenvalue weighted by molar-refractivity contribution is 0.0693. The number of piperidine rings is 1. The number of amides is 2. The maximum Gasteiger partial charge on any atom is 0.257 e. The van der Waals surface area contributed by atoms with Crippen molar-refractivity contribution in [3.63, 3.8) is 0 Å². The molecule has 0 aromatic heterocycles. The van der Waals surface area contributed by atoms with Crippen LogP contribution in [0.25, 0.3) is 0 Å². The first-order valence-corrected chi connectivity index (χ1v) is 9.99. The number of nitrogens with one attached hydrogen (secondary N) is 1. The smallest absolute Gasteiger partial charge is 0.257 e. The molecular formula is C23H26N2O3. The first-order chi connectivity index (χ1) is 13.5. The van der Waals surface area contributed by atoms with Gasteiger partial charge in [0.05, 0.1) is 5.56 Å². The number of carbonyl (C=O) groups is 2. The first-order valence-electron chi connectivity index (χ1n) is 9.99. The molecule has 5 heteroatoms.